The Morgan fingerprint density at radius 3 is 2.25 bits per heavy atom. The van der Waals surface area contributed by atoms with Gasteiger partial charge in [0, 0.05) is 19.1 Å². The first-order chi connectivity index (χ1) is 11.2. The number of carbonyl (C=O) groups is 1. The summed E-state index contributed by atoms with van der Waals surface area (Å²) in [5.41, 5.74) is 1.35. The fraction of sp³-hybridized carbons (Fsp3) is 0.235. The highest BCUT2D eigenvalue weighted by molar-refractivity contribution is 7.92. The predicted octanol–water partition coefficient (Wildman–Crippen LogP) is 2.93. The summed E-state index contributed by atoms with van der Waals surface area (Å²) >= 11 is 5.84. The first-order valence-corrected chi connectivity index (χ1v) is 9.09. The molecule has 0 aliphatic heterocycles. The number of aryl methyl sites for hydroxylation is 1. The van der Waals surface area contributed by atoms with Crippen molar-refractivity contribution in [1.29, 1.82) is 0 Å². The zero-order valence-corrected chi connectivity index (χ0v) is 15.3. The Bertz CT molecular complexity index is 833. The van der Waals surface area contributed by atoms with Gasteiger partial charge in [-0.15, -0.1) is 0 Å². The molecule has 24 heavy (non-hydrogen) atoms. The van der Waals surface area contributed by atoms with Gasteiger partial charge in [-0.3, -0.25) is 9.10 Å². The third-order valence-corrected chi connectivity index (χ3v) is 5.51. The van der Waals surface area contributed by atoms with Gasteiger partial charge in [-0.1, -0.05) is 23.7 Å². The van der Waals surface area contributed by atoms with Crippen LogP contribution in [0.2, 0.25) is 5.02 Å². The van der Waals surface area contributed by atoms with Crippen LogP contribution in [0.3, 0.4) is 0 Å². The highest BCUT2D eigenvalue weighted by atomic mass is 35.5. The highest BCUT2D eigenvalue weighted by Gasteiger charge is 2.27. The molecule has 128 valence electrons. The third-order valence-electron chi connectivity index (χ3n) is 3.47. The van der Waals surface area contributed by atoms with E-state index in [1.165, 1.54) is 29.2 Å². The van der Waals surface area contributed by atoms with E-state index >= 15 is 0 Å². The number of nitrogens with zero attached hydrogens (tertiary/aromatic N) is 2. The van der Waals surface area contributed by atoms with Crippen molar-refractivity contribution in [2.75, 3.05) is 24.9 Å². The fourth-order valence-electron chi connectivity index (χ4n) is 2.10. The lowest BCUT2D eigenvalue weighted by Gasteiger charge is -2.25. The summed E-state index contributed by atoms with van der Waals surface area (Å²) in [7, 11) is -0.711. The Hall–Kier alpha value is -2.05. The molecule has 0 spiro atoms. The predicted molar refractivity (Wildman–Crippen MR) is 95.9 cm³/mol. The maximum atomic E-state index is 13.0. The Morgan fingerprint density at radius 2 is 1.71 bits per heavy atom. The first kappa shape index (κ1) is 18.3. The molecule has 0 saturated heterocycles. The summed E-state index contributed by atoms with van der Waals surface area (Å²) in [6, 6.07) is 12.9. The number of hydrogen-bond acceptors (Lipinski definition) is 3. The molecule has 5 nitrogen and oxygen atoms in total. The minimum atomic E-state index is -3.89. The van der Waals surface area contributed by atoms with Crippen molar-refractivity contribution >= 4 is 33.2 Å². The summed E-state index contributed by atoms with van der Waals surface area (Å²) in [4.78, 5) is 13.6. The van der Waals surface area contributed by atoms with Crippen LogP contribution >= 0.6 is 11.6 Å². The monoisotopic (exact) mass is 366 g/mol. The van der Waals surface area contributed by atoms with E-state index in [1.807, 2.05) is 13.0 Å². The van der Waals surface area contributed by atoms with Gasteiger partial charge in [0.05, 0.1) is 10.6 Å². The number of hydrogen-bond donors (Lipinski definition) is 0. The van der Waals surface area contributed by atoms with Crippen LogP contribution in [0.4, 0.5) is 5.69 Å². The van der Waals surface area contributed by atoms with Gasteiger partial charge in [0.15, 0.2) is 0 Å². The molecule has 0 aliphatic carbocycles. The van der Waals surface area contributed by atoms with Crippen LogP contribution < -0.4 is 4.31 Å². The molecule has 0 aliphatic rings. The van der Waals surface area contributed by atoms with Crippen molar-refractivity contribution in [2.24, 2.45) is 0 Å². The van der Waals surface area contributed by atoms with Gasteiger partial charge in [-0.2, -0.15) is 0 Å². The molecule has 0 N–H and O–H groups in total. The van der Waals surface area contributed by atoms with Gasteiger partial charge in [0.1, 0.15) is 6.54 Å². The molecule has 0 atom stereocenters. The van der Waals surface area contributed by atoms with Crippen molar-refractivity contribution in [1.82, 2.24) is 4.90 Å². The number of amides is 1. The molecule has 2 aromatic rings. The molecule has 2 rings (SSSR count). The SMILES string of the molecule is Cc1cccc(N(CC(=O)N(C)C)S(=O)(=O)c2ccc(Cl)cc2)c1. The van der Waals surface area contributed by atoms with Crippen molar-refractivity contribution in [3.8, 4) is 0 Å². The normalized spacial score (nSPS) is 11.2. The van der Waals surface area contributed by atoms with Gasteiger partial charge in [-0.05, 0) is 48.9 Å². The fourth-order valence-corrected chi connectivity index (χ4v) is 3.63. The molecule has 0 fully saturated rings. The summed E-state index contributed by atoms with van der Waals surface area (Å²) in [5, 5.41) is 0.445. The topological polar surface area (TPSA) is 57.7 Å². The van der Waals surface area contributed by atoms with Crippen molar-refractivity contribution in [3.63, 3.8) is 0 Å². The van der Waals surface area contributed by atoms with Crippen molar-refractivity contribution in [2.45, 2.75) is 11.8 Å². The lowest BCUT2D eigenvalue weighted by Crippen LogP contribution is -2.40. The maximum Gasteiger partial charge on any atom is 0.264 e. The molecular formula is C17H19ClN2O3S. The lowest BCUT2D eigenvalue weighted by atomic mass is 10.2. The summed E-state index contributed by atoms with van der Waals surface area (Å²) in [6.07, 6.45) is 0. The minimum absolute atomic E-state index is 0.0833. The van der Waals surface area contributed by atoms with Gasteiger partial charge in [-0.25, -0.2) is 8.42 Å². The third kappa shape index (κ3) is 4.07. The van der Waals surface area contributed by atoms with E-state index in [0.29, 0.717) is 10.7 Å². The number of carbonyl (C=O) groups excluding carboxylic acids is 1. The molecular weight excluding hydrogens is 348 g/mol. The number of anilines is 1. The Morgan fingerprint density at radius 1 is 1.08 bits per heavy atom. The average molecular weight is 367 g/mol. The van der Waals surface area contributed by atoms with E-state index < -0.39 is 10.0 Å². The largest absolute Gasteiger partial charge is 0.347 e. The Kier molecular flexibility index (Phi) is 5.51. The zero-order chi connectivity index (χ0) is 17.9. The van der Waals surface area contributed by atoms with E-state index in [0.717, 1.165) is 9.87 Å². The second kappa shape index (κ2) is 7.23. The standard InChI is InChI=1S/C17H19ClN2O3S/c1-13-5-4-6-15(11-13)20(12-17(21)19(2)3)24(22,23)16-9-7-14(18)8-10-16/h4-11H,12H2,1-3H3. The number of halogens is 1. The van der Waals surface area contributed by atoms with Crippen LogP contribution in [0.25, 0.3) is 0 Å². The van der Waals surface area contributed by atoms with Crippen LogP contribution in [0.5, 0.6) is 0 Å². The first-order valence-electron chi connectivity index (χ1n) is 7.27. The Labute approximate surface area is 147 Å². The number of sulfonamides is 1. The summed E-state index contributed by atoms with van der Waals surface area (Å²) in [5.74, 6) is -0.311. The van der Waals surface area contributed by atoms with Crippen LogP contribution in [0.1, 0.15) is 5.56 Å². The quantitative estimate of drug-likeness (QED) is 0.817. The van der Waals surface area contributed by atoms with Gasteiger partial charge in [0.2, 0.25) is 5.91 Å². The number of benzene rings is 2. The molecule has 0 bridgehead atoms. The number of rotatable bonds is 5. The van der Waals surface area contributed by atoms with E-state index in [4.69, 9.17) is 11.6 Å². The van der Waals surface area contributed by atoms with Crippen molar-refractivity contribution in [3.05, 3.63) is 59.1 Å². The lowest BCUT2D eigenvalue weighted by molar-refractivity contribution is -0.127. The van der Waals surface area contributed by atoms with Gasteiger partial charge >= 0.3 is 0 Å². The Balaban J connectivity index is 2.52. The molecule has 0 saturated carbocycles. The molecule has 7 heteroatoms. The molecule has 2 aromatic carbocycles. The molecule has 0 heterocycles. The van der Waals surface area contributed by atoms with E-state index in [2.05, 4.69) is 0 Å². The second-order valence-corrected chi connectivity index (χ2v) is 7.89. The van der Waals surface area contributed by atoms with E-state index in [9.17, 15) is 13.2 Å². The minimum Gasteiger partial charge on any atom is -0.347 e. The van der Waals surface area contributed by atoms with E-state index in [-0.39, 0.29) is 17.3 Å². The highest BCUT2D eigenvalue weighted by Crippen LogP contribution is 2.25. The maximum absolute atomic E-state index is 13.0. The number of likely N-dealkylation sites (N-methyl/N-ethyl adjacent to an activating group) is 1. The van der Waals surface area contributed by atoms with Crippen LogP contribution in [0, 0.1) is 6.92 Å². The van der Waals surface area contributed by atoms with E-state index in [1.54, 1.807) is 32.3 Å². The van der Waals surface area contributed by atoms with Crippen LogP contribution in [0.15, 0.2) is 53.4 Å². The zero-order valence-electron chi connectivity index (χ0n) is 13.7. The summed E-state index contributed by atoms with van der Waals surface area (Å²) < 4.78 is 27.2. The summed E-state index contributed by atoms with van der Waals surface area (Å²) in [6.45, 7) is 1.59. The van der Waals surface area contributed by atoms with Gasteiger partial charge < -0.3 is 4.90 Å². The van der Waals surface area contributed by atoms with Crippen LogP contribution in [-0.4, -0.2) is 39.9 Å². The molecule has 1 amide bonds. The van der Waals surface area contributed by atoms with Crippen molar-refractivity contribution < 1.29 is 13.2 Å². The molecule has 0 radical (unpaired) electrons. The van der Waals surface area contributed by atoms with Crippen LogP contribution in [-0.2, 0) is 14.8 Å². The smallest absolute Gasteiger partial charge is 0.264 e. The average Bonchev–Trinajstić information content (AvgIpc) is 2.52. The second-order valence-electron chi connectivity index (χ2n) is 5.59. The van der Waals surface area contributed by atoms with Gasteiger partial charge in [0.25, 0.3) is 10.0 Å². The molecule has 0 aromatic heterocycles. The molecule has 0 unspecified atom stereocenters.